The molecule has 0 spiro atoms. The third kappa shape index (κ3) is 4.31. The van der Waals surface area contributed by atoms with Gasteiger partial charge in [-0.15, -0.1) is 0 Å². The number of nitrogens with zero attached hydrogens (tertiary/aromatic N) is 1. The van der Waals surface area contributed by atoms with E-state index in [0.717, 1.165) is 31.0 Å². The Kier molecular flexibility index (Phi) is 6.24. The largest absolute Gasteiger partial charge is 0.282 e. The molecule has 4 heteroatoms. The maximum absolute atomic E-state index is 12.3. The minimum atomic E-state index is -0.183. The van der Waals surface area contributed by atoms with Crippen molar-refractivity contribution in [3.8, 4) is 0 Å². The van der Waals surface area contributed by atoms with Gasteiger partial charge in [0.05, 0.1) is 0 Å². The van der Waals surface area contributed by atoms with Crippen molar-refractivity contribution >= 4 is 27.7 Å². The van der Waals surface area contributed by atoms with E-state index in [1.54, 1.807) is 0 Å². The molecular weight excluding hydrogens is 318 g/mol. The van der Waals surface area contributed by atoms with Crippen LogP contribution in [0.2, 0.25) is 0 Å². The quantitative estimate of drug-likeness (QED) is 0.513. The number of carbonyl (C=O) groups excluding carboxylic acids is 2. The van der Waals surface area contributed by atoms with Gasteiger partial charge in [-0.05, 0) is 23.7 Å². The second-order valence-corrected chi connectivity index (χ2v) is 7.59. The fraction of sp³-hybridized carbons (Fsp3) is 0.875. The molecule has 1 aliphatic rings. The van der Waals surface area contributed by atoms with Crippen LogP contribution in [0.3, 0.4) is 0 Å². The van der Waals surface area contributed by atoms with Gasteiger partial charge in [-0.1, -0.05) is 56.5 Å². The van der Waals surface area contributed by atoms with E-state index in [1.165, 1.54) is 4.90 Å². The van der Waals surface area contributed by atoms with Crippen molar-refractivity contribution in [2.24, 2.45) is 10.8 Å². The Labute approximate surface area is 131 Å². The Bertz CT molecular complexity index is 339. The fourth-order valence-electron chi connectivity index (χ4n) is 3.24. The Morgan fingerprint density at radius 3 is 1.90 bits per heavy atom. The maximum Gasteiger partial charge on any atom is 0.229 e. The third-order valence-electron chi connectivity index (χ3n) is 4.20. The summed E-state index contributed by atoms with van der Waals surface area (Å²) in [6.45, 7) is 8.89. The van der Waals surface area contributed by atoms with Gasteiger partial charge in [0.2, 0.25) is 11.8 Å². The lowest BCUT2D eigenvalue weighted by atomic mass is 9.78. The second-order valence-electron chi connectivity index (χ2n) is 7.03. The number of amides is 2. The zero-order valence-corrected chi connectivity index (χ0v) is 14.9. The van der Waals surface area contributed by atoms with E-state index >= 15 is 0 Å². The lowest BCUT2D eigenvalue weighted by Crippen LogP contribution is -2.51. The molecule has 0 bridgehead atoms. The molecule has 0 aliphatic carbocycles. The van der Waals surface area contributed by atoms with E-state index < -0.39 is 0 Å². The number of rotatable bonds is 7. The summed E-state index contributed by atoms with van der Waals surface area (Å²) in [7, 11) is 0. The maximum atomic E-state index is 12.3. The van der Waals surface area contributed by atoms with Gasteiger partial charge in [0.25, 0.3) is 0 Å². The molecule has 0 aromatic heterocycles. The fourth-order valence-corrected chi connectivity index (χ4v) is 3.98. The molecule has 3 nitrogen and oxygen atoms in total. The van der Waals surface area contributed by atoms with E-state index in [0.29, 0.717) is 19.4 Å². The van der Waals surface area contributed by atoms with E-state index in [-0.39, 0.29) is 22.6 Å². The first-order chi connectivity index (χ1) is 9.29. The molecule has 0 atom stereocenters. The first kappa shape index (κ1) is 17.7. The predicted molar refractivity (Wildman–Crippen MR) is 85.8 cm³/mol. The van der Waals surface area contributed by atoms with Crippen molar-refractivity contribution in [1.82, 2.24) is 4.90 Å². The molecule has 116 valence electrons. The van der Waals surface area contributed by atoms with Gasteiger partial charge in [0, 0.05) is 24.7 Å². The normalized spacial score (nSPS) is 19.6. The molecule has 0 saturated carbocycles. The van der Waals surface area contributed by atoms with Crippen LogP contribution in [0.25, 0.3) is 0 Å². The van der Waals surface area contributed by atoms with Gasteiger partial charge in [0.1, 0.15) is 0 Å². The van der Waals surface area contributed by atoms with E-state index in [9.17, 15) is 9.59 Å². The molecule has 20 heavy (non-hydrogen) atoms. The number of hydrogen-bond acceptors (Lipinski definition) is 2. The lowest BCUT2D eigenvalue weighted by molar-refractivity contribution is -0.154. The summed E-state index contributed by atoms with van der Waals surface area (Å²) < 4.78 is 0. The number of halogens is 1. The Balaban J connectivity index is 2.87. The van der Waals surface area contributed by atoms with E-state index in [1.807, 2.05) is 13.8 Å². The molecule has 1 saturated heterocycles. The Morgan fingerprint density at radius 1 is 1.10 bits per heavy atom. The first-order valence-corrected chi connectivity index (χ1v) is 8.80. The number of imide groups is 1. The van der Waals surface area contributed by atoms with E-state index in [4.69, 9.17) is 0 Å². The van der Waals surface area contributed by atoms with Crippen molar-refractivity contribution in [2.75, 3.05) is 11.9 Å². The third-order valence-corrected chi connectivity index (χ3v) is 5.39. The highest BCUT2D eigenvalue weighted by Gasteiger charge is 2.41. The van der Waals surface area contributed by atoms with Gasteiger partial charge in [0.15, 0.2) is 0 Å². The first-order valence-electron chi connectivity index (χ1n) is 7.68. The van der Waals surface area contributed by atoms with Crippen LogP contribution in [-0.4, -0.2) is 28.6 Å². The summed E-state index contributed by atoms with van der Waals surface area (Å²) in [6.07, 6.45) is 5.21. The Hall–Kier alpha value is -0.380. The van der Waals surface area contributed by atoms with Gasteiger partial charge in [-0.2, -0.15) is 0 Å². The average molecular weight is 346 g/mol. The summed E-state index contributed by atoms with van der Waals surface area (Å²) in [5, 5.41) is 0.849. The summed E-state index contributed by atoms with van der Waals surface area (Å²) >= 11 is 3.61. The summed E-state index contributed by atoms with van der Waals surface area (Å²) in [4.78, 5) is 26.2. The second kappa shape index (κ2) is 7.06. The summed E-state index contributed by atoms with van der Waals surface area (Å²) in [5.41, 5.74) is -0.145. The number of carbonyl (C=O) groups is 2. The molecule has 0 aromatic rings. The van der Waals surface area contributed by atoms with Crippen LogP contribution in [0.15, 0.2) is 0 Å². The van der Waals surface area contributed by atoms with Gasteiger partial charge < -0.3 is 0 Å². The smallest absolute Gasteiger partial charge is 0.229 e. The van der Waals surface area contributed by atoms with Gasteiger partial charge in [-0.3, -0.25) is 14.5 Å². The molecule has 2 amide bonds. The van der Waals surface area contributed by atoms with Crippen molar-refractivity contribution in [3.05, 3.63) is 0 Å². The van der Waals surface area contributed by atoms with Crippen LogP contribution >= 0.6 is 15.9 Å². The molecule has 1 heterocycles. The molecule has 1 rings (SSSR count). The van der Waals surface area contributed by atoms with Crippen molar-refractivity contribution in [3.63, 3.8) is 0 Å². The highest BCUT2D eigenvalue weighted by Crippen LogP contribution is 2.37. The number of piperidine rings is 1. The molecule has 0 aromatic carbocycles. The molecule has 0 radical (unpaired) electrons. The highest BCUT2D eigenvalue weighted by atomic mass is 79.9. The lowest BCUT2D eigenvalue weighted by Gasteiger charge is -2.41. The molecular formula is C16H28BrNO2. The van der Waals surface area contributed by atoms with Crippen molar-refractivity contribution in [2.45, 2.75) is 66.2 Å². The van der Waals surface area contributed by atoms with Crippen LogP contribution < -0.4 is 0 Å². The summed E-state index contributed by atoms with van der Waals surface area (Å²) in [5.74, 6) is 0.00700. The van der Waals surface area contributed by atoms with Gasteiger partial charge >= 0.3 is 0 Å². The Morgan fingerprint density at radius 2 is 1.55 bits per heavy atom. The molecule has 0 N–H and O–H groups in total. The van der Waals surface area contributed by atoms with Crippen LogP contribution in [0, 0.1) is 10.8 Å². The predicted octanol–water partition coefficient (Wildman–Crippen LogP) is 4.14. The van der Waals surface area contributed by atoms with Crippen molar-refractivity contribution in [1.29, 1.82) is 0 Å². The van der Waals surface area contributed by atoms with Crippen LogP contribution in [0.5, 0.6) is 0 Å². The minimum absolute atomic E-state index is 0.00350. The zero-order chi connectivity index (χ0) is 15.4. The summed E-state index contributed by atoms with van der Waals surface area (Å²) in [6, 6.07) is 0. The van der Waals surface area contributed by atoms with Crippen molar-refractivity contribution < 1.29 is 9.59 Å². The highest BCUT2D eigenvalue weighted by molar-refractivity contribution is 9.09. The van der Waals surface area contributed by atoms with Gasteiger partial charge in [-0.25, -0.2) is 0 Å². The molecule has 0 unspecified atom stereocenters. The minimum Gasteiger partial charge on any atom is -0.282 e. The SMILES string of the molecule is CCCC(CBr)(CCC)CN1C(=O)CC(C)(C)CC1=O. The number of likely N-dealkylation sites (tertiary alicyclic amines) is 1. The monoisotopic (exact) mass is 345 g/mol. The zero-order valence-electron chi connectivity index (χ0n) is 13.3. The van der Waals surface area contributed by atoms with Crippen LogP contribution in [0.1, 0.15) is 66.2 Å². The van der Waals surface area contributed by atoms with Crippen LogP contribution in [0.4, 0.5) is 0 Å². The molecule has 1 aliphatic heterocycles. The topological polar surface area (TPSA) is 37.4 Å². The molecule has 1 fully saturated rings. The van der Waals surface area contributed by atoms with E-state index in [2.05, 4.69) is 29.8 Å². The average Bonchev–Trinajstić information content (AvgIpc) is 2.33. The number of alkyl halides is 1. The van der Waals surface area contributed by atoms with Crippen LogP contribution in [-0.2, 0) is 9.59 Å². The number of hydrogen-bond donors (Lipinski definition) is 0. The standard InChI is InChI=1S/C16H28BrNO2/c1-5-7-16(11-17,8-6-2)12-18-13(19)9-15(3,4)10-14(18)20/h5-12H2,1-4H3.